The van der Waals surface area contributed by atoms with Crippen LogP contribution in [0, 0.1) is 12.8 Å². The Bertz CT molecular complexity index is 926. The van der Waals surface area contributed by atoms with E-state index in [1.54, 1.807) is 4.90 Å². The second kappa shape index (κ2) is 9.57. The van der Waals surface area contributed by atoms with E-state index in [1.807, 2.05) is 69.3 Å². The third kappa shape index (κ3) is 4.87. The molecule has 3 rings (SSSR count). The molecular weight excluding hydrogens is 380 g/mol. The zero-order chi connectivity index (χ0) is 21.7. The molecule has 1 heterocycles. The van der Waals surface area contributed by atoms with Crippen molar-refractivity contribution in [2.24, 2.45) is 5.92 Å². The molecule has 0 saturated carbocycles. The first-order valence-electron chi connectivity index (χ1n) is 10.3. The summed E-state index contributed by atoms with van der Waals surface area (Å²) in [7, 11) is 0. The average molecular weight is 408 g/mol. The molecule has 1 saturated heterocycles. The maximum Gasteiger partial charge on any atom is 0.311 e. The van der Waals surface area contributed by atoms with Crippen LogP contribution in [0.25, 0.3) is 0 Å². The highest BCUT2D eigenvalue weighted by atomic mass is 16.5. The standard InChI is InChI=1S/C24H28N2O4/c1-4-18-12-8-9-16(2)23(18)25-21(27)15-30-24(29)20-13-22(28)26(14-20)17(3)19-10-6-5-7-11-19/h5-12,17,20H,4,13-15H2,1-3H3,(H,25,27)/t17-,20-/m1/s1. The number of carbonyl (C=O) groups excluding carboxylic acids is 3. The molecule has 0 unspecified atom stereocenters. The Morgan fingerprint density at radius 3 is 2.60 bits per heavy atom. The Labute approximate surface area is 177 Å². The van der Waals surface area contributed by atoms with Crippen LogP contribution in [0.15, 0.2) is 48.5 Å². The lowest BCUT2D eigenvalue weighted by molar-refractivity contribution is -0.151. The second-order valence-electron chi connectivity index (χ2n) is 7.65. The Morgan fingerprint density at radius 1 is 1.17 bits per heavy atom. The molecule has 1 aliphatic rings. The van der Waals surface area contributed by atoms with Gasteiger partial charge in [0.15, 0.2) is 6.61 Å². The maximum atomic E-state index is 12.5. The summed E-state index contributed by atoms with van der Waals surface area (Å²) in [5.74, 6) is -1.53. The van der Waals surface area contributed by atoms with Crippen molar-refractivity contribution in [3.63, 3.8) is 0 Å². The molecule has 2 amide bonds. The van der Waals surface area contributed by atoms with Crippen LogP contribution >= 0.6 is 0 Å². The van der Waals surface area contributed by atoms with E-state index in [0.29, 0.717) is 6.54 Å². The van der Waals surface area contributed by atoms with Gasteiger partial charge in [-0.1, -0.05) is 55.5 Å². The lowest BCUT2D eigenvalue weighted by Gasteiger charge is -2.25. The molecule has 0 radical (unpaired) electrons. The van der Waals surface area contributed by atoms with Gasteiger partial charge in [-0.05, 0) is 37.0 Å². The number of nitrogens with zero attached hydrogens (tertiary/aromatic N) is 1. The molecule has 158 valence electrons. The van der Waals surface area contributed by atoms with Gasteiger partial charge in [-0.15, -0.1) is 0 Å². The van der Waals surface area contributed by atoms with Crippen molar-refractivity contribution >= 4 is 23.5 Å². The number of likely N-dealkylation sites (tertiary alicyclic amines) is 1. The van der Waals surface area contributed by atoms with Gasteiger partial charge in [0.2, 0.25) is 5.91 Å². The molecule has 2 aromatic carbocycles. The summed E-state index contributed by atoms with van der Waals surface area (Å²) in [6.07, 6.45) is 0.895. The van der Waals surface area contributed by atoms with Crippen LogP contribution in [-0.4, -0.2) is 35.8 Å². The van der Waals surface area contributed by atoms with E-state index in [-0.39, 0.29) is 30.9 Å². The molecule has 0 aliphatic carbocycles. The first-order valence-corrected chi connectivity index (χ1v) is 10.3. The van der Waals surface area contributed by atoms with Crippen LogP contribution in [0.5, 0.6) is 0 Å². The number of rotatable bonds is 7. The molecule has 1 fully saturated rings. The first-order chi connectivity index (χ1) is 14.4. The van der Waals surface area contributed by atoms with Crippen LogP contribution in [0.4, 0.5) is 5.69 Å². The smallest absolute Gasteiger partial charge is 0.311 e. The number of aryl methyl sites for hydroxylation is 2. The fourth-order valence-electron chi connectivity index (χ4n) is 3.81. The van der Waals surface area contributed by atoms with Gasteiger partial charge in [0.25, 0.3) is 5.91 Å². The minimum Gasteiger partial charge on any atom is -0.455 e. The highest BCUT2D eigenvalue weighted by Gasteiger charge is 2.38. The molecule has 2 atom stereocenters. The molecule has 0 aromatic heterocycles. The number of hydrogen-bond donors (Lipinski definition) is 1. The van der Waals surface area contributed by atoms with Crippen LogP contribution < -0.4 is 5.32 Å². The Balaban J connectivity index is 1.54. The third-order valence-electron chi connectivity index (χ3n) is 5.59. The highest BCUT2D eigenvalue weighted by Crippen LogP contribution is 2.29. The number of esters is 1. The van der Waals surface area contributed by atoms with Crippen molar-refractivity contribution < 1.29 is 19.1 Å². The van der Waals surface area contributed by atoms with E-state index >= 15 is 0 Å². The van der Waals surface area contributed by atoms with Crippen molar-refractivity contribution in [3.8, 4) is 0 Å². The number of nitrogens with one attached hydrogen (secondary N) is 1. The SMILES string of the molecule is CCc1cccc(C)c1NC(=O)COC(=O)[C@@H]1CC(=O)N([C@H](C)c2ccccc2)C1. The number of amides is 2. The van der Waals surface area contributed by atoms with E-state index in [0.717, 1.165) is 28.8 Å². The van der Waals surface area contributed by atoms with Gasteiger partial charge in [0.05, 0.1) is 12.0 Å². The molecule has 1 N–H and O–H groups in total. The summed E-state index contributed by atoms with van der Waals surface area (Å²) in [5, 5.41) is 2.84. The number of carbonyl (C=O) groups is 3. The zero-order valence-electron chi connectivity index (χ0n) is 17.7. The molecule has 2 aromatic rings. The lowest BCUT2D eigenvalue weighted by Crippen LogP contribution is -2.30. The molecule has 30 heavy (non-hydrogen) atoms. The predicted octanol–water partition coefficient (Wildman–Crippen LogP) is 3.65. The van der Waals surface area contributed by atoms with E-state index < -0.39 is 11.9 Å². The van der Waals surface area contributed by atoms with Crippen LogP contribution in [0.3, 0.4) is 0 Å². The average Bonchev–Trinajstić information content (AvgIpc) is 3.15. The molecule has 0 spiro atoms. The summed E-state index contributed by atoms with van der Waals surface area (Å²) in [5.41, 5.74) is 3.77. The number of ether oxygens (including phenoxy) is 1. The van der Waals surface area contributed by atoms with Gasteiger partial charge in [-0.25, -0.2) is 0 Å². The van der Waals surface area contributed by atoms with Crippen LogP contribution in [0.2, 0.25) is 0 Å². The van der Waals surface area contributed by atoms with E-state index in [2.05, 4.69) is 5.32 Å². The van der Waals surface area contributed by atoms with Gasteiger partial charge in [0.1, 0.15) is 0 Å². The third-order valence-corrected chi connectivity index (χ3v) is 5.59. The van der Waals surface area contributed by atoms with Gasteiger partial charge in [-0.3, -0.25) is 14.4 Å². The van der Waals surface area contributed by atoms with Crippen molar-refractivity contribution in [1.29, 1.82) is 0 Å². The largest absolute Gasteiger partial charge is 0.455 e. The fraction of sp³-hybridized carbons (Fsp3) is 0.375. The Morgan fingerprint density at radius 2 is 1.90 bits per heavy atom. The van der Waals surface area contributed by atoms with Gasteiger partial charge >= 0.3 is 5.97 Å². The Hall–Kier alpha value is -3.15. The quantitative estimate of drug-likeness (QED) is 0.710. The number of benzene rings is 2. The molecule has 1 aliphatic heterocycles. The molecule has 6 heteroatoms. The topological polar surface area (TPSA) is 75.7 Å². The summed E-state index contributed by atoms with van der Waals surface area (Å²) in [6.45, 7) is 5.82. The van der Waals surface area contributed by atoms with Crippen LogP contribution in [0.1, 0.15) is 43.0 Å². The molecule has 6 nitrogen and oxygen atoms in total. The second-order valence-corrected chi connectivity index (χ2v) is 7.65. The van der Waals surface area contributed by atoms with Crippen molar-refractivity contribution in [1.82, 2.24) is 4.90 Å². The highest BCUT2D eigenvalue weighted by molar-refractivity contribution is 5.95. The normalized spacial score (nSPS) is 17.0. The van der Waals surface area contributed by atoms with E-state index in [1.165, 1.54) is 0 Å². The summed E-state index contributed by atoms with van der Waals surface area (Å²) in [6, 6.07) is 15.4. The first kappa shape index (κ1) is 21.6. The number of anilines is 1. The molecular formula is C24H28N2O4. The van der Waals surface area contributed by atoms with Crippen molar-refractivity contribution in [3.05, 3.63) is 65.2 Å². The van der Waals surface area contributed by atoms with Crippen LogP contribution in [-0.2, 0) is 25.5 Å². The number of hydrogen-bond acceptors (Lipinski definition) is 4. The lowest BCUT2D eigenvalue weighted by atomic mass is 10.1. The monoisotopic (exact) mass is 408 g/mol. The summed E-state index contributed by atoms with van der Waals surface area (Å²) in [4.78, 5) is 38.9. The summed E-state index contributed by atoms with van der Waals surface area (Å²) >= 11 is 0. The zero-order valence-corrected chi connectivity index (χ0v) is 17.7. The minimum atomic E-state index is -0.555. The van der Waals surface area contributed by atoms with Gasteiger partial charge < -0.3 is 15.0 Å². The van der Waals surface area contributed by atoms with Gasteiger partial charge in [0, 0.05) is 18.7 Å². The summed E-state index contributed by atoms with van der Waals surface area (Å²) < 4.78 is 5.23. The maximum absolute atomic E-state index is 12.5. The predicted molar refractivity (Wildman–Crippen MR) is 115 cm³/mol. The van der Waals surface area contributed by atoms with Crippen molar-refractivity contribution in [2.45, 2.75) is 39.7 Å². The molecule has 0 bridgehead atoms. The van der Waals surface area contributed by atoms with E-state index in [4.69, 9.17) is 4.74 Å². The van der Waals surface area contributed by atoms with Gasteiger partial charge in [-0.2, -0.15) is 0 Å². The number of para-hydroxylation sites is 1. The van der Waals surface area contributed by atoms with E-state index in [9.17, 15) is 14.4 Å². The van der Waals surface area contributed by atoms with Crippen molar-refractivity contribution in [2.75, 3.05) is 18.5 Å². The Kier molecular flexibility index (Phi) is 6.87. The minimum absolute atomic E-state index is 0.0785. The fourth-order valence-corrected chi connectivity index (χ4v) is 3.81.